The zero-order valence-electron chi connectivity index (χ0n) is 21.2. The second-order valence-electron chi connectivity index (χ2n) is 9.00. The number of aryl methyl sites for hydroxylation is 1. The van der Waals surface area contributed by atoms with Crippen molar-refractivity contribution in [1.82, 2.24) is 0 Å². The molecule has 4 rings (SSSR count). The molecular weight excluding hydrogens is 559 g/mol. The fourth-order valence-electron chi connectivity index (χ4n) is 3.94. The van der Waals surface area contributed by atoms with Crippen LogP contribution >= 0.6 is 0 Å². The Labute approximate surface area is 229 Å². The highest BCUT2D eigenvalue weighted by Crippen LogP contribution is 2.36. The number of halogens is 9. The standard InChI is InChI=1S/C31H19F9O/c1-2-3-4-17-5-8-21(24(32)11-17)19-7-10-23(27(35)14-19)31(39,40)41-20-15-25(33)22(26(34)16-20)9-6-18-12-28(36)30(38)29(37)13-18/h5,7-8,10-16H,2-4H2,1H3. The van der Waals surface area contributed by atoms with Crippen molar-refractivity contribution in [1.29, 1.82) is 0 Å². The summed E-state index contributed by atoms with van der Waals surface area (Å²) in [6.07, 6.45) is -2.00. The van der Waals surface area contributed by atoms with Crippen LogP contribution in [0.5, 0.6) is 5.75 Å². The molecule has 10 heteroatoms. The van der Waals surface area contributed by atoms with Crippen LogP contribution in [0.1, 0.15) is 42.0 Å². The van der Waals surface area contributed by atoms with Gasteiger partial charge in [0.1, 0.15) is 29.0 Å². The van der Waals surface area contributed by atoms with Crippen LogP contribution in [-0.2, 0) is 12.5 Å². The molecule has 0 heterocycles. The van der Waals surface area contributed by atoms with Crippen molar-refractivity contribution in [2.45, 2.75) is 32.3 Å². The maximum absolute atomic E-state index is 14.8. The maximum atomic E-state index is 14.8. The molecule has 0 aliphatic carbocycles. The van der Waals surface area contributed by atoms with Gasteiger partial charge in [-0.1, -0.05) is 43.4 Å². The normalized spacial score (nSPS) is 11.3. The molecule has 0 atom stereocenters. The summed E-state index contributed by atoms with van der Waals surface area (Å²) in [5, 5.41) is 0. The van der Waals surface area contributed by atoms with Crippen molar-refractivity contribution in [2.24, 2.45) is 0 Å². The van der Waals surface area contributed by atoms with Crippen LogP contribution in [0.2, 0.25) is 0 Å². The quantitative estimate of drug-likeness (QED) is 0.121. The first-order valence-corrected chi connectivity index (χ1v) is 12.2. The Morgan fingerprint density at radius 3 is 1.93 bits per heavy atom. The number of rotatable bonds is 7. The van der Waals surface area contributed by atoms with Crippen molar-refractivity contribution in [3.05, 3.63) is 124 Å². The Hall–Kier alpha value is -4.39. The van der Waals surface area contributed by atoms with Crippen molar-refractivity contribution in [3.63, 3.8) is 0 Å². The molecule has 212 valence electrons. The molecule has 0 bridgehead atoms. The molecule has 41 heavy (non-hydrogen) atoms. The number of ether oxygens (including phenoxy) is 1. The number of hydrogen-bond donors (Lipinski definition) is 0. The van der Waals surface area contributed by atoms with Gasteiger partial charge in [-0.3, -0.25) is 0 Å². The molecule has 0 aliphatic heterocycles. The van der Waals surface area contributed by atoms with Crippen LogP contribution < -0.4 is 4.74 Å². The second kappa shape index (κ2) is 12.0. The Morgan fingerprint density at radius 2 is 1.34 bits per heavy atom. The third kappa shape index (κ3) is 6.68. The van der Waals surface area contributed by atoms with Gasteiger partial charge in [0.2, 0.25) is 0 Å². The summed E-state index contributed by atoms with van der Waals surface area (Å²) in [5.74, 6) is -6.99. The predicted molar refractivity (Wildman–Crippen MR) is 134 cm³/mol. The molecule has 0 amide bonds. The van der Waals surface area contributed by atoms with Gasteiger partial charge in [-0.05, 0) is 54.3 Å². The average Bonchev–Trinajstić information content (AvgIpc) is 2.89. The summed E-state index contributed by atoms with van der Waals surface area (Å²) >= 11 is 0. The summed E-state index contributed by atoms with van der Waals surface area (Å²) in [7, 11) is 0. The van der Waals surface area contributed by atoms with Gasteiger partial charge in [-0.25, -0.2) is 30.7 Å². The molecule has 4 aromatic carbocycles. The molecule has 0 fully saturated rings. The molecule has 0 radical (unpaired) electrons. The Kier molecular flexibility index (Phi) is 8.66. The van der Waals surface area contributed by atoms with Gasteiger partial charge in [0.25, 0.3) is 0 Å². The summed E-state index contributed by atoms with van der Waals surface area (Å²) in [6.45, 7) is 1.98. The van der Waals surface area contributed by atoms with E-state index in [2.05, 4.69) is 4.74 Å². The number of unbranched alkanes of at least 4 members (excludes halogenated alkanes) is 1. The Bertz CT molecular complexity index is 1620. The zero-order valence-corrected chi connectivity index (χ0v) is 21.2. The first kappa shape index (κ1) is 29.6. The fourth-order valence-corrected chi connectivity index (χ4v) is 3.94. The lowest BCUT2D eigenvalue weighted by Gasteiger charge is -2.19. The van der Waals surface area contributed by atoms with Crippen LogP contribution in [0.4, 0.5) is 39.5 Å². The smallest absolute Gasteiger partial charge is 0.429 e. The highest BCUT2D eigenvalue weighted by Gasteiger charge is 2.38. The van der Waals surface area contributed by atoms with E-state index in [4.69, 9.17) is 0 Å². The largest absolute Gasteiger partial charge is 0.429 e. The van der Waals surface area contributed by atoms with E-state index in [1.165, 1.54) is 12.1 Å². The SMILES string of the molecule is CCCCc1ccc(-c2ccc(C(F)(F)Oc3cc(F)c(C#Cc4cc(F)c(F)c(F)c4)c(F)c3)c(F)c2)c(F)c1. The first-order chi connectivity index (χ1) is 19.4. The minimum Gasteiger partial charge on any atom is -0.429 e. The van der Waals surface area contributed by atoms with Gasteiger partial charge < -0.3 is 4.74 Å². The molecule has 0 aromatic heterocycles. The van der Waals surface area contributed by atoms with Gasteiger partial charge in [-0.2, -0.15) is 8.78 Å². The highest BCUT2D eigenvalue weighted by molar-refractivity contribution is 5.65. The van der Waals surface area contributed by atoms with Gasteiger partial charge in [0.05, 0.1) is 11.1 Å². The van der Waals surface area contributed by atoms with E-state index in [1.54, 1.807) is 6.07 Å². The van der Waals surface area contributed by atoms with E-state index in [1.807, 2.05) is 18.8 Å². The third-order valence-electron chi connectivity index (χ3n) is 6.02. The highest BCUT2D eigenvalue weighted by atomic mass is 19.3. The molecule has 0 spiro atoms. The van der Waals surface area contributed by atoms with E-state index < -0.39 is 69.3 Å². The van der Waals surface area contributed by atoms with Crippen LogP contribution in [0.15, 0.2) is 60.7 Å². The van der Waals surface area contributed by atoms with Crippen LogP contribution in [0.25, 0.3) is 11.1 Å². The summed E-state index contributed by atoms with van der Waals surface area (Å²) in [6, 6.07) is 8.49. The van der Waals surface area contributed by atoms with E-state index >= 15 is 0 Å². The Morgan fingerprint density at radius 1 is 0.683 bits per heavy atom. The topological polar surface area (TPSA) is 9.23 Å². The van der Waals surface area contributed by atoms with Crippen molar-refractivity contribution >= 4 is 0 Å². The monoisotopic (exact) mass is 578 g/mol. The van der Waals surface area contributed by atoms with Gasteiger partial charge in [-0.15, -0.1) is 0 Å². The molecule has 4 aromatic rings. The molecular formula is C31H19F9O. The van der Waals surface area contributed by atoms with Crippen LogP contribution in [0.3, 0.4) is 0 Å². The lowest BCUT2D eigenvalue weighted by Crippen LogP contribution is -2.23. The number of benzene rings is 4. The fraction of sp³-hybridized carbons (Fsp3) is 0.161. The maximum Gasteiger partial charge on any atom is 0.429 e. The van der Waals surface area contributed by atoms with Crippen LogP contribution in [-0.4, -0.2) is 0 Å². The summed E-state index contributed by atoms with van der Waals surface area (Å²) in [4.78, 5) is 0. The minimum absolute atomic E-state index is 0.00751. The molecule has 0 saturated heterocycles. The molecule has 0 saturated carbocycles. The number of alkyl halides is 2. The van der Waals surface area contributed by atoms with Crippen molar-refractivity contribution in [3.8, 4) is 28.7 Å². The zero-order chi connectivity index (χ0) is 29.9. The molecule has 1 nitrogen and oxygen atoms in total. The van der Waals surface area contributed by atoms with E-state index in [-0.39, 0.29) is 11.1 Å². The second-order valence-corrected chi connectivity index (χ2v) is 9.00. The van der Waals surface area contributed by atoms with Crippen molar-refractivity contribution < 1.29 is 44.3 Å². The summed E-state index contributed by atoms with van der Waals surface area (Å²) in [5.41, 5.74) is -1.96. The lowest BCUT2D eigenvalue weighted by molar-refractivity contribution is -0.187. The number of hydrogen-bond acceptors (Lipinski definition) is 1. The lowest BCUT2D eigenvalue weighted by atomic mass is 9.99. The van der Waals surface area contributed by atoms with Gasteiger partial charge in [0.15, 0.2) is 17.5 Å². The van der Waals surface area contributed by atoms with Gasteiger partial charge in [0, 0.05) is 23.3 Å². The molecule has 0 N–H and O–H groups in total. The predicted octanol–water partition coefficient (Wildman–Crippen LogP) is 9.20. The molecule has 0 aliphatic rings. The average molecular weight is 578 g/mol. The third-order valence-corrected chi connectivity index (χ3v) is 6.02. The van der Waals surface area contributed by atoms with Crippen molar-refractivity contribution in [2.75, 3.05) is 0 Å². The van der Waals surface area contributed by atoms with Crippen LogP contribution in [0, 0.1) is 52.6 Å². The Balaban J connectivity index is 1.56. The molecule has 0 unspecified atom stereocenters. The van der Waals surface area contributed by atoms with E-state index in [9.17, 15) is 39.5 Å². The summed E-state index contributed by atoms with van der Waals surface area (Å²) < 4.78 is 132. The van der Waals surface area contributed by atoms with E-state index in [0.29, 0.717) is 42.8 Å². The van der Waals surface area contributed by atoms with Gasteiger partial charge >= 0.3 is 6.11 Å². The first-order valence-electron chi connectivity index (χ1n) is 12.2. The minimum atomic E-state index is -4.40. The van der Waals surface area contributed by atoms with E-state index in [0.717, 1.165) is 24.5 Å².